The van der Waals surface area contributed by atoms with Crippen molar-refractivity contribution in [3.8, 4) is 11.6 Å². The van der Waals surface area contributed by atoms with Gasteiger partial charge in [0, 0.05) is 22.8 Å². The van der Waals surface area contributed by atoms with Gasteiger partial charge in [-0.15, -0.1) is 0 Å². The van der Waals surface area contributed by atoms with Gasteiger partial charge in [0.2, 0.25) is 5.88 Å². The van der Waals surface area contributed by atoms with E-state index < -0.39 is 0 Å². The molecule has 0 radical (unpaired) electrons. The lowest BCUT2D eigenvalue weighted by Crippen LogP contribution is -2.42. The lowest BCUT2D eigenvalue weighted by molar-refractivity contribution is 0.0929. The van der Waals surface area contributed by atoms with Crippen LogP contribution in [0.15, 0.2) is 47.1 Å². The highest BCUT2D eigenvalue weighted by atomic mass is 79.9. The zero-order valence-corrected chi connectivity index (χ0v) is 14.2. The molecule has 1 aliphatic heterocycles. The number of piperidine rings is 1. The zero-order valence-electron chi connectivity index (χ0n) is 12.6. The lowest BCUT2D eigenvalue weighted by Gasteiger charge is -2.23. The van der Waals surface area contributed by atoms with Gasteiger partial charge in [0.25, 0.3) is 5.91 Å². The number of hydrogen-bond donors (Lipinski definition) is 2. The first-order valence-corrected chi connectivity index (χ1v) is 8.41. The van der Waals surface area contributed by atoms with Crippen LogP contribution in [0.25, 0.3) is 0 Å². The molecule has 0 saturated carbocycles. The third kappa shape index (κ3) is 4.53. The van der Waals surface area contributed by atoms with Crippen LogP contribution in [0, 0.1) is 0 Å². The van der Waals surface area contributed by atoms with E-state index in [1.165, 1.54) is 0 Å². The molecular formula is C17H18BrN3O2. The number of carbonyl (C=O) groups excluding carboxylic acids is 1. The van der Waals surface area contributed by atoms with Gasteiger partial charge in [0.15, 0.2) is 0 Å². The summed E-state index contributed by atoms with van der Waals surface area (Å²) in [6.07, 6.45) is 3.47. The van der Waals surface area contributed by atoms with Crippen molar-refractivity contribution < 1.29 is 9.53 Å². The number of rotatable bonds is 4. The minimum atomic E-state index is -0.0848. The van der Waals surface area contributed by atoms with Gasteiger partial charge in [0.1, 0.15) is 5.75 Å². The minimum absolute atomic E-state index is 0.0848. The molecule has 1 amide bonds. The number of halogens is 1. The number of amides is 1. The van der Waals surface area contributed by atoms with Gasteiger partial charge >= 0.3 is 0 Å². The molecule has 1 fully saturated rings. The van der Waals surface area contributed by atoms with Crippen LogP contribution < -0.4 is 15.4 Å². The van der Waals surface area contributed by atoms with Gasteiger partial charge in [-0.05, 0) is 50.2 Å². The third-order valence-electron chi connectivity index (χ3n) is 3.69. The molecular weight excluding hydrogens is 358 g/mol. The topological polar surface area (TPSA) is 63.2 Å². The number of carbonyl (C=O) groups is 1. The Bertz CT molecular complexity index is 670. The third-order valence-corrected chi connectivity index (χ3v) is 4.18. The molecule has 0 unspecified atom stereocenters. The van der Waals surface area contributed by atoms with Gasteiger partial charge in [-0.3, -0.25) is 4.79 Å². The molecule has 1 saturated heterocycles. The zero-order chi connectivity index (χ0) is 16.1. The highest BCUT2D eigenvalue weighted by Gasteiger charge is 2.16. The van der Waals surface area contributed by atoms with Crippen molar-refractivity contribution in [1.29, 1.82) is 0 Å². The largest absolute Gasteiger partial charge is 0.439 e. The van der Waals surface area contributed by atoms with E-state index in [0.29, 0.717) is 17.2 Å². The van der Waals surface area contributed by atoms with Crippen molar-refractivity contribution in [2.45, 2.75) is 18.9 Å². The second kappa shape index (κ2) is 7.57. The summed E-state index contributed by atoms with van der Waals surface area (Å²) in [5.74, 6) is 1.07. The molecule has 0 bridgehead atoms. The molecule has 5 nitrogen and oxygen atoms in total. The second-order valence-electron chi connectivity index (χ2n) is 5.44. The van der Waals surface area contributed by atoms with Gasteiger partial charge in [0.05, 0.1) is 5.56 Å². The molecule has 23 heavy (non-hydrogen) atoms. The standard InChI is InChI=1S/C17H18BrN3O2/c18-13-2-1-3-15(10-13)23-16-5-4-12(11-20-16)17(22)21-14-6-8-19-9-7-14/h1-5,10-11,14,19H,6-9H2,(H,21,22). The lowest BCUT2D eigenvalue weighted by atomic mass is 10.1. The highest BCUT2D eigenvalue weighted by molar-refractivity contribution is 9.10. The molecule has 2 heterocycles. The van der Waals surface area contributed by atoms with Crippen molar-refractivity contribution in [3.63, 3.8) is 0 Å². The number of nitrogens with zero attached hydrogens (tertiary/aromatic N) is 1. The first-order chi connectivity index (χ1) is 11.2. The van der Waals surface area contributed by atoms with Crippen molar-refractivity contribution in [2.24, 2.45) is 0 Å². The molecule has 0 spiro atoms. The van der Waals surface area contributed by atoms with E-state index in [2.05, 4.69) is 31.5 Å². The molecule has 0 atom stereocenters. The van der Waals surface area contributed by atoms with Crippen LogP contribution in [-0.2, 0) is 0 Å². The number of pyridine rings is 1. The molecule has 2 N–H and O–H groups in total. The second-order valence-corrected chi connectivity index (χ2v) is 6.36. The molecule has 1 aliphatic rings. The molecule has 6 heteroatoms. The number of aromatic nitrogens is 1. The molecule has 3 rings (SSSR count). The van der Waals surface area contributed by atoms with Crippen molar-refractivity contribution in [1.82, 2.24) is 15.6 Å². The van der Waals surface area contributed by atoms with Gasteiger partial charge in [-0.1, -0.05) is 22.0 Å². The maximum absolute atomic E-state index is 12.2. The fourth-order valence-corrected chi connectivity index (χ4v) is 2.84. The Hall–Kier alpha value is -1.92. The number of ether oxygens (including phenoxy) is 1. The molecule has 1 aromatic carbocycles. The van der Waals surface area contributed by atoms with Crippen LogP contribution in [0.3, 0.4) is 0 Å². The summed E-state index contributed by atoms with van der Waals surface area (Å²) < 4.78 is 6.60. The van der Waals surface area contributed by atoms with E-state index in [0.717, 1.165) is 30.4 Å². The van der Waals surface area contributed by atoms with Crippen LogP contribution >= 0.6 is 15.9 Å². The first-order valence-electron chi connectivity index (χ1n) is 7.62. The Morgan fingerprint density at radius 2 is 2.09 bits per heavy atom. The molecule has 120 valence electrons. The monoisotopic (exact) mass is 375 g/mol. The van der Waals surface area contributed by atoms with Crippen LogP contribution in [0.2, 0.25) is 0 Å². The Morgan fingerprint density at radius 1 is 1.26 bits per heavy atom. The summed E-state index contributed by atoms with van der Waals surface area (Å²) in [4.78, 5) is 16.4. The van der Waals surface area contributed by atoms with E-state index in [4.69, 9.17) is 4.74 Å². The summed E-state index contributed by atoms with van der Waals surface area (Å²) in [6.45, 7) is 1.89. The van der Waals surface area contributed by atoms with Crippen LogP contribution in [0.4, 0.5) is 0 Å². The molecule has 0 aliphatic carbocycles. The Kier molecular flexibility index (Phi) is 5.25. The minimum Gasteiger partial charge on any atom is -0.439 e. The quantitative estimate of drug-likeness (QED) is 0.861. The van der Waals surface area contributed by atoms with E-state index >= 15 is 0 Å². The summed E-state index contributed by atoms with van der Waals surface area (Å²) in [5, 5.41) is 6.32. The predicted molar refractivity (Wildman–Crippen MR) is 91.8 cm³/mol. The number of benzene rings is 1. The maximum Gasteiger partial charge on any atom is 0.253 e. The van der Waals surface area contributed by atoms with Gasteiger partial charge in [-0.25, -0.2) is 4.98 Å². The average Bonchev–Trinajstić information content (AvgIpc) is 2.56. The number of hydrogen-bond acceptors (Lipinski definition) is 4. The predicted octanol–water partition coefficient (Wildman–Crippen LogP) is 3.12. The molecule has 1 aromatic heterocycles. The average molecular weight is 376 g/mol. The van der Waals surface area contributed by atoms with Crippen LogP contribution in [0.5, 0.6) is 11.6 Å². The summed E-state index contributed by atoms with van der Waals surface area (Å²) in [5.41, 5.74) is 0.546. The van der Waals surface area contributed by atoms with Crippen molar-refractivity contribution in [3.05, 3.63) is 52.6 Å². The number of nitrogens with one attached hydrogen (secondary N) is 2. The van der Waals surface area contributed by atoms with E-state index in [9.17, 15) is 4.79 Å². The summed E-state index contributed by atoms with van der Waals surface area (Å²) >= 11 is 3.40. The normalized spacial score (nSPS) is 15.2. The first kappa shape index (κ1) is 16.0. The Morgan fingerprint density at radius 3 is 2.78 bits per heavy atom. The smallest absolute Gasteiger partial charge is 0.253 e. The Balaban J connectivity index is 1.61. The Labute approximate surface area is 143 Å². The van der Waals surface area contributed by atoms with E-state index in [-0.39, 0.29) is 11.9 Å². The fraction of sp³-hybridized carbons (Fsp3) is 0.294. The fourth-order valence-electron chi connectivity index (χ4n) is 2.46. The summed E-state index contributed by atoms with van der Waals surface area (Å²) in [6, 6.07) is 11.2. The van der Waals surface area contributed by atoms with Gasteiger partial charge in [-0.2, -0.15) is 0 Å². The van der Waals surface area contributed by atoms with E-state index in [1.54, 1.807) is 18.3 Å². The van der Waals surface area contributed by atoms with Crippen molar-refractivity contribution >= 4 is 21.8 Å². The SMILES string of the molecule is O=C(NC1CCNCC1)c1ccc(Oc2cccc(Br)c2)nc1. The van der Waals surface area contributed by atoms with Gasteiger partial charge < -0.3 is 15.4 Å². The molecule has 2 aromatic rings. The van der Waals surface area contributed by atoms with Crippen LogP contribution in [-0.4, -0.2) is 30.0 Å². The van der Waals surface area contributed by atoms with E-state index in [1.807, 2.05) is 24.3 Å². The van der Waals surface area contributed by atoms with Crippen LogP contribution in [0.1, 0.15) is 23.2 Å². The highest BCUT2D eigenvalue weighted by Crippen LogP contribution is 2.23. The van der Waals surface area contributed by atoms with Crippen molar-refractivity contribution in [2.75, 3.05) is 13.1 Å². The maximum atomic E-state index is 12.2. The summed E-state index contributed by atoms with van der Waals surface area (Å²) in [7, 11) is 0.